The molecule has 0 radical (unpaired) electrons. The van der Waals surface area contributed by atoms with E-state index in [0.29, 0.717) is 23.7 Å². The average Bonchev–Trinajstić information content (AvgIpc) is 2.46. The first kappa shape index (κ1) is 14.4. The van der Waals surface area contributed by atoms with Crippen molar-refractivity contribution in [3.63, 3.8) is 0 Å². The van der Waals surface area contributed by atoms with Crippen LogP contribution in [0.3, 0.4) is 0 Å². The maximum atomic E-state index is 5.35. The Morgan fingerprint density at radius 2 is 2.10 bits per heavy atom. The van der Waals surface area contributed by atoms with Crippen molar-refractivity contribution in [2.45, 2.75) is 30.5 Å². The highest BCUT2D eigenvalue weighted by molar-refractivity contribution is 7.99. The third-order valence-electron chi connectivity index (χ3n) is 2.14. The van der Waals surface area contributed by atoms with E-state index in [9.17, 15) is 0 Å². The van der Waals surface area contributed by atoms with Crippen LogP contribution < -0.4 is 10.1 Å². The Hall–Kier alpha value is -1.96. The lowest BCUT2D eigenvalue weighted by molar-refractivity contribution is 0.308. The third-order valence-corrected chi connectivity index (χ3v) is 2.92. The van der Waals surface area contributed by atoms with Gasteiger partial charge >= 0.3 is 6.01 Å². The molecule has 0 bridgehead atoms. The molecule has 0 aliphatic rings. The molecule has 106 valence electrons. The highest BCUT2D eigenvalue weighted by Crippen LogP contribution is 2.23. The van der Waals surface area contributed by atoms with Gasteiger partial charge < -0.3 is 10.1 Å². The number of aromatic nitrogens is 5. The zero-order valence-electron chi connectivity index (χ0n) is 11.4. The fourth-order valence-corrected chi connectivity index (χ4v) is 1.99. The number of anilines is 1. The minimum atomic E-state index is 0.312. The van der Waals surface area contributed by atoms with E-state index in [-0.39, 0.29) is 0 Å². The zero-order valence-corrected chi connectivity index (χ0v) is 12.2. The van der Waals surface area contributed by atoms with Crippen LogP contribution >= 0.6 is 11.8 Å². The predicted octanol–water partition coefficient (Wildman–Crippen LogP) is 2.03. The van der Waals surface area contributed by atoms with E-state index < -0.39 is 0 Å². The van der Waals surface area contributed by atoms with Crippen LogP contribution in [0.4, 0.5) is 5.95 Å². The van der Waals surface area contributed by atoms with Gasteiger partial charge in [-0.2, -0.15) is 15.0 Å². The number of hydrogen-bond acceptors (Lipinski definition) is 8. The summed E-state index contributed by atoms with van der Waals surface area (Å²) >= 11 is 1.32. The molecule has 0 atom stereocenters. The number of nitrogens with zero attached hydrogens (tertiary/aromatic N) is 5. The van der Waals surface area contributed by atoms with Crippen molar-refractivity contribution in [2.24, 2.45) is 0 Å². The van der Waals surface area contributed by atoms with Crippen LogP contribution in [0.1, 0.15) is 20.3 Å². The highest BCUT2D eigenvalue weighted by Gasteiger charge is 2.09. The monoisotopic (exact) mass is 292 g/mol. The fourth-order valence-electron chi connectivity index (χ4n) is 1.32. The Bertz CT molecular complexity index is 539. The maximum absolute atomic E-state index is 5.35. The van der Waals surface area contributed by atoms with Gasteiger partial charge in [-0.3, -0.25) is 4.98 Å². The van der Waals surface area contributed by atoms with Gasteiger partial charge in [0.15, 0.2) is 0 Å². The van der Waals surface area contributed by atoms with E-state index in [1.807, 2.05) is 6.92 Å². The van der Waals surface area contributed by atoms with E-state index >= 15 is 0 Å². The Balaban J connectivity index is 2.19. The average molecular weight is 292 g/mol. The topological polar surface area (TPSA) is 85.7 Å². The SMILES string of the molecule is CCCNc1nc(OCC)nc(Sc2cnccn2)n1. The van der Waals surface area contributed by atoms with Gasteiger partial charge in [0.05, 0.1) is 12.8 Å². The van der Waals surface area contributed by atoms with E-state index in [4.69, 9.17) is 4.74 Å². The van der Waals surface area contributed by atoms with Gasteiger partial charge in [-0.15, -0.1) is 0 Å². The lowest BCUT2D eigenvalue weighted by Gasteiger charge is -2.07. The molecule has 1 N–H and O–H groups in total. The quantitative estimate of drug-likeness (QED) is 0.829. The second-order valence-electron chi connectivity index (χ2n) is 3.73. The Labute approximate surface area is 121 Å². The summed E-state index contributed by atoms with van der Waals surface area (Å²) in [5.41, 5.74) is 0. The van der Waals surface area contributed by atoms with Crippen LogP contribution in [0, 0.1) is 0 Å². The minimum Gasteiger partial charge on any atom is -0.464 e. The van der Waals surface area contributed by atoms with Crippen LogP contribution in [0.15, 0.2) is 28.8 Å². The Morgan fingerprint density at radius 1 is 1.20 bits per heavy atom. The summed E-state index contributed by atoms with van der Waals surface area (Å²) in [6, 6.07) is 0.312. The van der Waals surface area contributed by atoms with Gasteiger partial charge in [0.1, 0.15) is 5.03 Å². The molecule has 0 fully saturated rings. The first-order chi connectivity index (χ1) is 9.81. The molecule has 0 aliphatic heterocycles. The summed E-state index contributed by atoms with van der Waals surface area (Å²) in [7, 11) is 0. The summed E-state index contributed by atoms with van der Waals surface area (Å²) in [5, 5.41) is 4.38. The number of hydrogen-bond donors (Lipinski definition) is 1. The molecule has 0 aromatic carbocycles. The molecule has 0 saturated heterocycles. The van der Waals surface area contributed by atoms with Crippen molar-refractivity contribution in [3.05, 3.63) is 18.6 Å². The first-order valence-corrected chi connectivity index (χ1v) is 7.20. The molecule has 0 amide bonds. The van der Waals surface area contributed by atoms with E-state index in [2.05, 4.69) is 37.2 Å². The molecule has 0 unspecified atom stereocenters. The fraction of sp³-hybridized carbons (Fsp3) is 0.417. The van der Waals surface area contributed by atoms with Gasteiger partial charge in [0.2, 0.25) is 11.1 Å². The van der Waals surface area contributed by atoms with Crippen LogP contribution in [0.5, 0.6) is 6.01 Å². The summed E-state index contributed by atoms with van der Waals surface area (Å²) < 4.78 is 5.35. The van der Waals surface area contributed by atoms with Crippen LogP contribution in [0.25, 0.3) is 0 Å². The molecule has 0 saturated carbocycles. The van der Waals surface area contributed by atoms with E-state index in [1.54, 1.807) is 18.6 Å². The van der Waals surface area contributed by atoms with Crippen molar-refractivity contribution in [2.75, 3.05) is 18.5 Å². The lowest BCUT2D eigenvalue weighted by Crippen LogP contribution is -2.08. The Morgan fingerprint density at radius 3 is 2.80 bits per heavy atom. The smallest absolute Gasteiger partial charge is 0.322 e. The molecular weight excluding hydrogens is 276 g/mol. The molecular formula is C12H16N6OS. The maximum Gasteiger partial charge on any atom is 0.322 e. The van der Waals surface area contributed by atoms with Gasteiger partial charge in [0.25, 0.3) is 0 Å². The summed E-state index contributed by atoms with van der Waals surface area (Å²) in [5.74, 6) is 0.511. The van der Waals surface area contributed by atoms with Gasteiger partial charge in [-0.1, -0.05) is 6.92 Å². The predicted molar refractivity (Wildman–Crippen MR) is 75.9 cm³/mol. The molecule has 2 rings (SSSR count). The Kier molecular flexibility index (Phi) is 5.48. The van der Waals surface area contributed by atoms with Crippen molar-refractivity contribution in [1.29, 1.82) is 0 Å². The second-order valence-corrected chi connectivity index (χ2v) is 4.72. The van der Waals surface area contributed by atoms with Crippen LogP contribution in [-0.2, 0) is 0 Å². The molecule has 7 nitrogen and oxygen atoms in total. The summed E-state index contributed by atoms with van der Waals surface area (Å²) in [4.78, 5) is 21.0. The van der Waals surface area contributed by atoms with Crippen molar-refractivity contribution < 1.29 is 4.74 Å². The highest BCUT2D eigenvalue weighted by atomic mass is 32.2. The number of rotatable bonds is 7. The molecule has 0 aliphatic carbocycles. The normalized spacial score (nSPS) is 10.3. The minimum absolute atomic E-state index is 0.312. The van der Waals surface area contributed by atoms with Gasteiger partial charge in [0, 0.05) is 18.9 Å². The zero-order chi connectivity index (χ0) is 14.2. The number of nitrogens with one attached hydrogen (secondary N) is 1. The second kappa shape index (κ2) is 7.59. The summed E-state index contributed by atoms with van der Waals surface area (Å²) in [6.45, 7) is 5.27. The van der Waals surface area contributed by atoms with Crippen molar-refractivity contribution in [1.82, 2.24) is 24.9 Å². The molecule has 2 heterocycles. The van der Waals surface area contributed by atoms with E-state index in [0.717, 1.165) is 18.0 Å². The van der Waals surface area contributed by atoms with Crippen molar-refractivity contribution in [3.8, 4) is 6.01 Å². The summed E-state index contributed by atoms with van der Waals surface area (Å²) in [6.07, 6.45) is 5.90. The molecule has 2 aromatic rings. The van der Waals surface area contributed by atoms with Gasteiger partial charge in [-0.25, -0.2) is 4.98 Å². The van der Waals surface area contributed by atoms with Crippen LogP contribution in [0.2, 0.25) is 0 Å². The van der Waals surface area contributed by atoms with Gasteiger partial charge in [-0.05, 0) is 25.1 Å². The molecule has 8 heteroatoms. The van der Waals surface area contributed by atoms with Crippen LogP contribution in [-0.4, -0.2) is 38.1 Å². The number of ether oxygens (including phenoxy) is 1. The largest absolute Gasteiger partial charge is 0.464 e. The first-order valence-electron chi connectivity index (χ1n) is 6.38. The molecule has 0 spiro atoms. The van der Waals surface area contributed by atoms with Crippen molar-refractivity contribution >= 4 is 17.7 Å². The molecule has 2 aromatic heterocycles. The molecule has 20 heavy (non-hydrogen) atoms. The third kappa shape index (κ3) is 4.30. The van der Waals surface area contributed by atoms with E-state index in [1.165, 1.54) is 11.8 Å². The lowest BCUT2D eigenvalue weighted by atomic mass is 10.5. The standard InChI is InChI=1S/C12H16N6OS/c1-3-5-15-10-16-11(19-4-2)18-12(17-10)20-9-8-13-6-7-14-9/h6-8H,3-5H2,1-2H3,(H,15,16,17,18).